The van der Waals surface area contributed by atoms with E-state index in [0.717, 1.165) is 5.69 Å². The number of benzene rings is 1. The first kappa shape index (κ1) is 15.4. The van der Waals surface area contributed by atoms with Crippen molar-refractivity contribution in [3.05, 3.63) is 60.3 Å². The van der Waals surface area contributed by atoms with Gasteiger partial charge in [0, 0.05) is 0 Å². The molecule has 1 aromatic carbocycles. The molecule has 23 heavy (non-hydrogen) atoms. The molecule has 0 aliphatic heterocycles. The molecule has 2 heterocycles. The van der Waals surface area contributed by atoms with Crippen LogP contribution in [-0.2, 0) is 4.74 Å². The summed E-state index contributed by atoms with van der Waals surface area (Å²) < 4.78 is 11.9. The first-order valence-electron chi connectivity index (χ1n) is 6.99. The lowest BCUT2D eigenvalue weighted by molar-refractivity contribution is 0.0563. The quantitative estimate of drug-likeness (QED) is 0.527. The number of furan rings is 1. The number of carbonyl (C=O) groups excluding carboxylic acids is 1. The molecule has 7 heteroatoms. The Bertz CT molecular complexity index is 798. The number of nitrogens with zero attached hydrogens (tertiary/aromatic N) is 3. The second-order valence-corrected chi connectivity index (χ2v) is 6.07. The Morgan fingerprint density at radius 1 is 1.26 bits per heavy atom. The number of esters is 1. The van der Waals surface area contributed by atoms with Gasteiger partial charge in [-0.05, 0) is 31.2 Å². The highest BCUT2D eigenvalue weighted by Crippen LogP contribution is 2.33. The summed E-state index contributed by atoms with van der Waals surface area (Å²) in [5.41, 5.74) is 0.950. The van der Waals surface area contributed by atoms with Crippen LogP contribution in [-0.4, -0.2) is 27.8 Å². The van der Waals surface area contributed by atoms with Crippen LogP contribution in [0.25, 0.3) is 5.69 Å². The van der Waals surface area contributed by atoms with E-state index in [2.05, 4.69) is 14.8 Å². The molecule has 1 unspecified atom stereocenters. The van der Waals surface area contributed by atoms with Crippen molar-refractivity contribution in [1.29, 1.82) is 0 Å². The number of ether oxygens (including phenoxy) is 1. The van der Waals surface area contributed by atoms with Gasteiger partial charge in [-0.25, -0.2) is 14.5 Å². The molecular weight excluding hydrogens is 314 g/mol. The van der Waals surface area contributed by atoms with Gasteiger partial charge >= 0.3 is 5.97 Å². The Hall–Kier alpha value is -2.54. The van der Waals surface area contributed by atoms with Crippen molar-refractivity contribution in [3.8, 4) is 5.69 Å². The number of methoxy groups -OCH3 is 1. The number of hydrogen-bond acceptors (Lipinski definition) is 6. The summed E-state index contributed by atoms with van der Waals surface area (Å²) >= 11 is 1.46. The third-order valence-corrected chi connectivity index (χ3v) is 4.17. The SMILES string of the molecule is COC(=O)c1ccc(C(C)Sc2ncn(-c3ccccc3)n2)o1. The van der Waals surface area contributed by atoms with E-state index in [0.29, 0.717) is 10.9 Å². The van der Waals surface area contributed by atoms with Crippen LogP contribution in [0.2, 0.25) is 0 Å². The van der Waals surface area contributed by atoms with Gasteiger partial charge in [-0.15, -0.1) is 5.10 Å². The standard InChI is InChI=1S/C16H15N3O3S/c1-11(13-8-9-14(22-13)15(20)21-2)23-16-17-10-19(18-16)12-6-4-3-5-7-12/h3-11H,1-2H3. The molecule has 0 aliphatic rings. The molecule has 0 saturated carbocycles. The van der Waals surface area contributed by atoms with Crippen LogP contribution in [0.4, 0.5) is 0 Å². The Morgan fingerprint density at radius 2 is 2.04 bits per heavy atom. The van der Waals surface area contributed by atoms with Gasteiger partial charge in [-0.3, -0.25) is 0 Å². The number of carbonyl (C=O) groups is 1. The van der Waals surface area contributed by atoms with Crippen molar-refractivity contribution in [2.75, 3.05) is 7.11 Å². The molecule has 2 aromatic heterocycles. The molecule has 0 aliphatic carbocycles. The highest BCUT2D eigenvalue weighted by atomic mass is 32.2. The summed E-state index contributed by atoms with van der Waals surface area (Å²) in [6.45, 7) is 1.97. The fraction of sp³-hybridized carbons (Fsp3) is 0.188. The van der Waals surface area contributed by atoms with Crippen molar-refractivity contribution in [1.82, 2.24) is 14.8 Å². The average Bonchev–Trinajstić information content (AvgIpc) is 3.24. The molecule has 0 spiro atoms. The zero-order chi connectivity index (χ0) is 16.2. The van der Waals surface area contributed by atoms with Gasteiger partial charge in [0.05, 0.1) is 18.0 Å². The predicted molar refractivity (Wildman–Crippen MR) is 85.7 cm³/mol. The van der Waals surface area contributed by atoms with Crippen molar-refractivity contribution in [2.45, 2.75) is 17.3 Å². The third kappa shape index (κ3) is 3.45. The maximum Gasteiger partial charge on any atom is 0.373 e. The first-order valence-corrected chi connectivity index (χ1v) is 7.87. The number of hydrogen-bond donors (Lipinski definition) is 0. The van der Waals surface area contributed by atoms with Crippen molar-refractivity contribution in [3.63, 3.8) is 0 Å². The smallest absolute Gasteiger partial charge is 0.373 e. The summed E-state index contributed by atoms with van der Waals surface area (Å²) in [5, 5.41) is 5.05. The van der Waals surface area contributed by atoms with Gasteiger partial charge in [-0.1, -0.05) is 30.0 Å². The van der Waals surface area contributed by atoms with E-state index in [9.17, 15) is 4.79 Å². The van der Waals surface area contributed by atoms with Gasteiger partial charge in [-0.2, -0.15) is 0 Å². The largest absolute Gasteiger partial charge is 0.463 e. The van der Waals surface area contributed by atoms with E-state index in [1.54, 1.807) is 23.1 Å². The minimum absolute atomic E-state index is 0.0278. The number of para-hydroxylation sites is 1. The molecule has 1 atom stereocenters. The molecule has 118 valence electrons. The van der Waals surface area contributed by atoms with Crippen LogP contribution in [0.5, 0.6) is 0 Å². The van der Waals surface area contributed by atoms with E-state index in [1.807, 2.05) is 37.3 Å². The third-order valence-electron chi connectivity index (χ3n) is 3.19. The number of aromatic nitrogens is 3. The van der Waals surface area contributed by atoms with Crippen LogP contribution in [0.3, 0.4) is 0 Å². The van der Waals surface area contributed by atoms with E-state index in [4.69, 9.17) is 4.42 Å². The van der Waals surface area contributed by atoms with Gasteiger partial charge in [0.1, 0.15) is 12.1 Å². The zero-order valence-electron chi connectivity index (χ0n) is 12.7. The second-order valence-electron chi connectivity index (χ2n) is 4.76. The van der Waals surface area contributed by atoms with Gasteiger partial charge in [0.25, 0.3) is 0 Å². The highest BCUT2D eigenvalue weighted by molar-refractivity contribution is 7.99. The number of rotatable bonds is 5. The monoisotopic (exact) mass is 329 g/mol. The number of thioether (sulfide) groups is 1. The molecule has 0 radical (unpaired) electrons. The minimum atomic E-state index is -0.486. The minimum Gasteiger partial charge on any atom is -0.463 e. The van der Waals surface area contributed by atoms with Gasteiger partial charge in [0.2, 0.25) is 10.9 Å². The van der Waals surface area contributed by atoms with Crippen molar-refractivity contribution >= 4 is 17.7 Å². The highest BCUT2D eigenvalue weighted by Gasteiger charge is 2.18. The predicted octanol–water partition coefficient (Wildman–Crippen LogP) is 3.50. The summed E-state index contributed by atoms with van der Waals surface area (Å²) in [5.74, 6) is 0.379. The Kier molecular flexibility index (Phi) is 4.47. The molecule has 0 amide bonds. The van der Waals surface area contributed by atoms with Crippen LogP contribution in [0, 0.1) is 0 Å². The zero-order valence-corrected chi connectivity index (χ0v) is 13.5. The summed E-state index contributed by atoms with van der Waals surface area (Å²) in [7, 11) is 1.32. The molecule has 6 nitrogen and oxygen atoms in total. The van der Waals surface area contributed by atoms with E-state index >= 15 is 0 Å². The van der Waals surface area contributed by atoms with E-state index < -0.39 is 5.97 Å². The Balaban J connectivity index is 1.71. The lowest BCUT2D eigenvalue weighted by Gasteiger charge is -2.04. The van der Waals surface area contributed by atoms with Crippen molar-refractivity contribution in [2.24, 2.45) is 0 Å². The topological polar surface area (TPSA) is 70.2 Å². The van der Waals surface area contributed by atoms with Crippen LogP contribution in [0.15, 0.2) is 58.4 Å². The van der Waals surface area contributed by atoms with Gasteiger partial charge in [0.15, 0.2) is 0 Å². The van der Waals surface area contributed by atoms with E-state index in [1.165, 1.54) is 18.9 Å². The first-order chi connectivity index (χ1) is 11.2. The van der Waals surface area contributed by atoms with Crippen molar-refractivity contribution < 1.29 is 13.9 Å². The summed E-state index contributed by atoms with van der Waals surface area (Å²) in [4.78, 5) is 15.7. The van der Waals surface area contributed by atoms with Crippen LogP contribution < -0.4 is 0 Å². The maximum absolute atomic E-state index is 11.4. The Morgan fingerprint density at radius 3 is 2.78 bits per heavy atom. The fourth-order valence-corrected chi connectivity index (χ4v) is 2.81. The van der Waals surface area contributed by atoms with E-state index in [-0.39, 0.29) is 11.0 Å². The maximum atomic E-state index is 11.4. The summed E-state index contributed by atoms with van der Waals surface area (Å²) in [6, 6.07) is 13.1. The van der Waals surface area contributed by atoms with Crippen LogP contribution in [0.1, 0.15) is 28.5 Å². The molecule has 0 bridgehead atoms. The van der Waals surface area contributed by atoms with Gasteiger partial charge < -0.3 is 9.15 Å². The lowest BCUT2D eigenvalue weighted by Crippen LogP contribution is -1.98. The molecule has 0 saturated heterocycles. The lowest BCUT2D eigenvalue weighted by atomic mass is 10.3. The fourth-order valence-electron chi connectivity index (χ4n) is 2.00. The summed E-state index contributed by atoms with van der Waals surface area (Å²) in [6.07, 6.45) is 1.67. The molecule has 3 rings (SSSR count). The Labute approximate surface area is 137 Å². The molecule has 3 aromatic rings. The molecule has 0 fully saturated rings. The average molecular weight is 329 g/mol. The van der Waals surface area contributed by atoms with Crippen LogP contribution >= 0.6 is 11.8 Å². The molecular formula is C16H15N3O3S. The molecule has 0 N–H and O–H groups in total. The second kappa shape index (κ2) is 6.70. The normalized spacial score (nSPS) is 12.1.